The lowest BCUT2D eigenvalue weighted by atomic mass is 10.2. The summed E-state index contributed by atoms with van der Waals surface area (Å²) in [6.45, 7) is 0. The van der Waals surface area contributed by atoms with Gasteiger partial charge in [0.25, 0.3) is 5.56 Å². The zero-order valence-electron chi connectivity index (χ0n) is 10.6. The summed E-state index contributed by atoms with van der Waals surface area (Å²) in [5.41, 5.74) is 6.15. The van der Waals surface area contributed by atoms with E-state index in [1.165, 1.54) is 18.2 Å². The average molecular weight is 306 g/mol. The normalized spacial score (nSPS) is 10.8. The van der Waals surface area contributed by atoms with Crippen LogP contribution in [-0.2, 0) is 0 Å². The molecule has 0 unspecified atom stereocenters. The Morgan fingerprint density at radius 3 is 2.81 bits per heavy atom. The average Bonchev–Trinajstić information content (AvgIpc) is 2.44. The second-order valence-corrected chi connectivity index (χ2v) is 4.73. The molecule has 0 fully saturated rings. The minimum Gasteiger partial charge on any atom is -0.426 e. The number of ether oxygens (including phenoxy) is 1. The minimum absolute atomic E-state index is 0.0139. The molecule has 2 aromatic carbocycles. The highest BCUT2D eigenvalue weighted by Gasteiger charge is 2.08. The van der Waals surface area contributed by atoms with Crippen LogP contribution in [0, 0.1) is 5.82 Å². The number of nitrogens with two attached hydrogens (primary N) is 1. The van der Waals surface area contributed by atoms with E-state index in [4.69, 9.17) is 22.1 Å². The molecule has 0 amide bonds. The number of nitrogen functional groups attached to an aromatic ring is 1. The molecule has 0 saturated carbocycles. The van der Waals surface area contributed by atoms with Crippen molar-refractivity contribution in [1.29, 1.82) is 0 Å². The Balaban J connectivity index is 2.03. The first-order valence-electron chi connectivity index (χ1n) is 5.95. The molecule has 5 nitrogen and oxygen atoms in total. The number of benzene rings is 2. The number of anilines is 1. The first kappa shape index (κ1) is 13.4. The molecule has 0 spiro atoms. The van der Waals surface area contributed by atoms with Crippen molar-refractivity contribution in [2.45, 2.75) is 0 Å². The van der Waals surface area contributed by atoms with E-state index in [9.17, 15) is 9.18 Å². The minimum atomic E-state index is -0.556. The van der Waals surface area contributed by atoms with E-state index in [1.807, 2.05) is 0 Å². The lowest BCUT2D eigenvalue weighted by Crippen LogP contribution is -2.09. The first-order valence-corrected chi connectivity index (χ1v) is 6.33. The number of nitrogens with one attached hydrogen (secondary N) is 1. The number of rotatable bonds is 2. The predicted octanol–water partition coefficient (Wildman–Crippen LogP) is 3.09. The van der Waals surface area contributed by atoms with E-state index < -0.39 is 5.82 Å². The molecule has 0 aliphatic heterocycles. The number of aromatic amines is 1. The van der Waals surface area contributed by atoms with Gasteiger partial charge in [-0.25, -0.2) is 4.39 Å². The third-order valence-corrected chi connectivity index (χ3v) is 3.10. The van der Waals surface area contributed by atoms with Crippen LogP contribution in [0.3, 0.4) is 0 Å². The number of nitrogens with zero attached hydrogens (tertiary/aromatic N) is 1. The van der Waals surface area contributed by atoms with Crippen molar-refractivity contribution >= 4 is 28.2 Å². The molecule has 3 aromatic rings. The van der Waals surface area contributed by atoms with Gasteiger partial charge >= 0.3 is 6.01 Å². The first-order chi connectivity index (χ1) is 10.0. The van der Waals surface area contributed by atoms with Crippen LogP contribution >= 0.6 is 11.6 Å². The lowest BCUT2D eigenvalue weighted by molar-refractivity contribution is 0.441. The van der Waals surface area contributed by atoms with E-state index in [0.717, 1.165) is 6.07 Å². The molecule has 3 N–H and O–H groups in total. The smallest absolute Gasteiger partial charge is 0.302 e. The molecular weight excluding hydrogens is 297 g/mol. The van der Waals surface area contributed by atoms with Crippen molar-refractivity contribution in [3.8, 4) is 11.8 Å². The van der Waals surface area contributed by atoms with Crippen molar-refractivity contribution in [3.63, 3.8) is 0 Å². The van der Waals surface area contributed by atoms with Crippen LogP contribution in [0.15, 0.2) is 41.2 Å². The maximum atomic E-state index is 13.1. The highest BCUT2D eigenvalue weighted by Crippen LogP contribution is 2.24. The van der Waals surface area contributed by atoms with Gasteiger partial charge in [-0.3, -0.25) is 9.78 Å². The summed E-state index contributed by atoms with van der Waals surface area (Å²) >= 11 is 5.66. The second kappa shape index (κ2) is 5.06. The molecule has 0 aliphatic carbocycles. The van der Waals surface area contributed by atoms with Crippen molar-refractivity contribution in [2.24, 2.45) is 0 Å². The fourth-order valence-electron chi connectivity index (χ4n) is 1.84. The van der Waals surface area contributed by atoms with Crippen molar-refractivity contribution in [2.75, 3.05) is 5.73 Å². The van der Waals surface area contributed by atoms with Crippen LogP contribution in [0.4, 0.5) is 10.1 Å². The van der Waals surface area contributed by atoms with Gasteiger partial charge in [0.1, 0.15) is 11.6 Å². The molecule has 0 radical (unpaired) electrons. The molecule has 0 bridgehead atoms. The molecule has 0 aliphatic rings. The summed E-state index contributed by atoms with van der Waals surface area (Å²) < 4.78 is 18.5. The van der Waals surface area contributed by atoms with Gasteiger partial charge in [0.15, 0.2) is 0 Å². The Labute approximate surface area is 123 Å². The van der Waals surface area contributed by atoms with Crippen molar-refractivity contribution in [3.05, 3.63) is 57.6 Å². The summed E-state index contributed by atoms with van der Waals surface area (Å²) in [7, 11) is 0. The number of aromatic nitrogens is 2. The number of hydrogen-bond donors (Lipinski definition) is 2. The van der Waals surface area contributed by atoms with E-state index in [0.29, 0.717) is 16.6 Å². The molecule has 3 rings (SSSR count). The van der Waals surface area contributed by atoms with E-state index in [1.54, 1.807) is 12.1 Å². The van der Waals surface area contributed by atoms with Gasteiger partial charge in [-0.1, -0.05) is 11.6 Å². The second-order valence-electron chi connectivity index (χ2n) is 4.33. The van der Waals surface area contributed by atoms with Crippen LogP contribution in [0.5, 0.6) is 11.8 Å². The van der Waals surface area contributed by atoms with Gasteiger partial charge < -0.3 is 10.5 Å². The highest BCUT2D eigenvalue weighted by molar-refractivity contribution is 6.30. The van der Waals surface area contributed by atoms with Crippen LogP contribution in [0.25, 0.3) is 10.9 Å². The van der Waals surface area contributed by atoms with E-state index >= 15 is 0 Å². The number of H-pyrrole nitrogens is 1. The summed E-state index contributed by atoms with van der Waals surface area (Å²) in [5, 5.41) is 0.280. The Morgan fingerprint density at radius 1 is 1.24 bits per heavy atom. The monoisotopic (exact) mass is 305 g/mol. The van der Waals surface area contributed by atoms with Gasteiger partial charge in [-0.2, -0.15) is 4.98 Å². The third kappa shape index (κ3) is 2.66. The molecular formula is C14H9ClFN3O2. The van der Waals surface area contributed by atoms with Crippen LogP contribution in [0.1, 0.15) is 0 Å². The summed E-state index contributed by atoms with van der Waals surface area (Å²) in [4.78, 5) is 18.6. The Hall–Kier alpha value is -2.60. The third-order valence-electron chi connectivity index (χ3n) is 2.81. The maximum absolute atomic E-state index is 13.1. The Bertz CT molecular complexity index is 895. The standard InChI is InChI=1S/C14H9ClFN3O2/c15-10-6-8(2-3-11(10)16)21-14-18-12-4-1-7(17)5-9(12)13(20)19-14/h1-6H,17H2,(H,18,19,20). The van der Waals surface area contributed by atoms with Gasteiger partial charge in [-0.15, -0.1) is 0 Å². The maximum Gasteiger partial charge on any atom is 0.302 e. The van der Waals surface area contributed by atoms with Crippen LogP contribution in [-0.4, -0.2) is 9.97 Å². The molecule has 106 valence electrons. The molecule has 0 saturated heterocycles. The van der Waals surface area contributed by atoms with Gasteiger partial charge in [0.2, 0.25) is 0 Å². The van der Waals surface area contributed by atoms with Crippen molar-refractivity contribution in [1.82, 2.24) is 9.97 Å². The fourth-order valence-corrected chi connectivity index (χ4v) is 2.01. The van der Waals surface area contributed by atoms with Crippen molar-refractivity contribution < 1.29 is 9.13 Å². The van der Waals surface area contributed by atoms with Crippen LogP contribution < -0.4 is 16.0 Å². The molecule has 1 aromatic heterocycles. The van der Waals surface area contributed by atoms with Gasteiger partial charge in [0, 0.05) is 11.8 Å². The fraction of sp³-hybridized carbons (Fsp3) is 0. The van der Waals surface area contributed by atoms with Gasteiger partial charge in [-0.05, 0) is 30.3 Å². The number of halogens is 2. The van der Waals surface area contributed by atoms with Gasteiger partial charge in [0.05, 0.1) is 15.9 Å². The summed E-state index contributed by atoms with van der Waals surface area (Å²) in [6, 6.07) is 8.60. The Morgan fingerprint density at radius 2 is 2.05 bits per heavy atom. The van der Waals surface area contributed by atoms with E-state index in [-0.39, 0.29) is 22.3 Å². The Kier molecular flexibility index (Phi) is 3.23. The quantitative estimate of drug-likeness (QED) is 0.713. The van der Waals surface area contributed by atoms with Crippen LogP contribution in [0.2, 0.25) is 5.02 Å². The summed E-state index contributed by atoms with van der Waals surface area (Å²) in [6.07, 6.45) is 0. The zero-order valence-corrected chi connectivity index (χ0v) is 11.3. The lowest BCUT2D eigenvalue weighted by Gasteiger charge is -2.06. The van der Waals surface area contributed by atoms with E-state index in [2.05, 4.69) is 9.97 Å². The topological polar surface area (TPSA) is 81.0 Å². The zero-order chi connectivity index (χ0) is 15.0. The molecule has 0 atom stereocenters. The molecule has 7 heteroatoms. The summed E-state index contributed by atoms with van der Waals surface area (Å²) in [5.74, 6) is -0.293. The number of hydrogen-bond acceptors (Lipinski definition) is 4. The highest BCUT2D eigenvalue weighted by atomic mass is 35.5. The predicted molar refractivity (Wildman–Crippen MR) is 78.3 cm³/mol. The SMILES string of the molecule is Nc1ccc2nc(Oc3ccc(F)c(Cl)c3)[nH]c(=O)c2c1. The molecule has 1 heterocycles. The largest absolute Gasteiger partial charge is 0.426 e. The molecule has 21 heavy (non-hydrogen) atoms. The number of fused-ring (bicyclic) bond motifs is 1.